The zero-order chi connectivity index (χ0) is 13.1. The summed E-state index contributed by atoms with van der Waals surface area (Å²) in [6, 6.07) is 8.51. The Hall–Kier alpha value is -1.71. The highest BCUT2D eigenvalue weighted by Gasteiger charge is 2.09. The van der Waals surface area contributed by atoms with Crippen LogP contribution in [-0.2, 0) is 4.79 Å². The maximum atomic E-state index is 10.3. The summed E-state index contributed by atoms with van der Waals surface area (Å²) in [4.78, 5) is 10.3. The molecular weight excluding hydrogens is 275 g/mol. The summed E-state index contributed by atoms with van der Waals surface area (Å²) in [6.45, 7) is 0. The second-order valence-electron chi connectivity index (χ2n) is 3.46. The van der Waals surface area contributed by atoms with Crippen LogP contribution in [0.25, 0.3) is 17.4 Å². The van der Waals surface area contributed by atoms with Gasteiger partial charge >= 0.3 is 0 Å². The SMILES string of the molecule is O=C([O-])/C=C/c1ccc(-c2cccc(Cl)c2Cl)o1. The zero-order valence-corrected chi connectivity index (χ0v) is 10.5. The number of hydrogen-bond acceptors (Lipinski definition) is 3. The molecule has 18 heavy (non-hydrogen) atoms. The van der Waals surface area contributed by atoms with Crippen LogP contribution in [0.15, 0.2) is 40.8 Å². The molecule has 2 rings (SSSR count). The molecule has 0 aliphatic rings. The van der Waals surface area contributed by atoms with E-state index < -0.39 is 5.97 Å². The molecule has 0 unspecified atom stereocenters. The van der Waals surface area contributed by atoms with Crippen molar-refractivity contribution in [2.45, 2.75) is 0 Å². The highest BCUT2D eigenvalue weighted by Crippen LogP contribution is 2.34. The molecule has 1 aromatic carbocycles. The topological polar surface area (TPSA) is 53.3 Å². The Morgan fingerprint density at radius 2 is 2.00 bits per heavy atom. The van der Waals surface area contributed by atoms with Crippen LogP contribution >= 0.6 is 23.2 Å². The van der Waals surface area contributed by atoms with Crippen molar-refractivity contribution in [2.75, 3.05) is 0 Å². The highest BCUT2D eigenvalue weighted by molar-refractivity contribution is 6.43. The first kappa shape index (κ1) is 12.7. The second-order valence-corrected chi connectivity index (χ2v) is 4.24. The number of hydrogen-bond donors (Lipinski definition) is 0. The van der Waals surface area contributed by atoms with Crippen molar-refractivity contribution < 1.29 is 14.3 Å². The number of carboxylic acids is 1. The van der Waals surface area contributed by atoms with E-state index in [9.17, 15) is 9.90 Å². The molecular formula is C13H7Cl2O3-. The Morgan fingerprint density at radius 3 is 2.72 bits per heavy atom. The number of furan rings is 1. The van der Waals surface area contributed by atoms with Gasteiger partial charge in [0.15, 0.2) is 0 Å². The quantitative estimate of drug-likeness (QED) is 0.813. The van der Waals surface area contributed by atoms with Gasteiger partial charge in [-0.3, -0.25) is 0 Å². The fourth-order valence-corrected chi connectivity index (χ4v) is 1.83. The van der Waals surface area contributed by atoms with Crippen molar-refractivity contribution >= 4 is 35.2 Å². The van der Waals surface area contributed by atoms with E-state index in [1.54, 1.807) is 30.3 Å². The van der Waals surface area contributed by atoms with Crippen LogP contribution in [0.2, 0.25) is 10.0 Å². The summed E-state index contributed by atoms with van der Waals surface area (Å²) in [7, 11) is 0. The van der Waals surface area contributed by atoms with Crippen LogP contribution in [0.4, 0.5) is 0 Å². The maximum absolute atomic E-state index is 10.3. The summed E-state index contributed by atoms with van der Waals surface area (Å²) in [6.07, 6.45) is 2.19. The molecule has 0 aliphatic heterocycles. The fraction of sp³-hybridized carbons (Fsp3) is 0. The van der Waals surface area contributed by atoms with E-state index >= 15 is 0 Å². The molecule has 0 atom stereocenters. The number of benzene rings is 1. The van der Waals surface area contributed by atoms with Crippen LogP contribution in [0.5, 0.6) is 0 Å². The molecule has 0 aliphatic carbocycles. The van der Waals surface area contributed by atoms with Crippen molar-refractivity contribution in [3.63, 3.8) is 0 Å². The lowest BCUT2D eigenvalue weighted by Crippen LogP contribution is -2.18. The van der Waals surface area contributed by atoms with Gasteiger partial charge in [0.1, 0.15) is 11.5 Å². The molecule has 0 saturated heterocycles. The van der Waals surface area contributed by atoms with Gasteiger partial charge in [0.2, 0.25) is 0 Å². The monoisotopic (exact) mass is 281 g/mol. The molecule has 5 heteroatoms. The first-order valence-corrected chi connectivity index (χ1v) is 5.77. The lowest BCUT2D eigenvalue weighted by molar-refractivity contribution is -0.297. The van der Waals surface area contributed by atoms with Crippen LogP contribution < -0.4 is 5.11 Å². The van der Waals surface area contributed by atoms with Crippen molar-refractivity contribution in [1.82, 2.24) is 0 Å². The van der Waals surface area contributed by atoms with Crippen molar-refractivity contribution in [3.8, 4) is 11.3 Å². The average Bonchev–Trinajstić information content (AvgIpc) is 2.78. The number of rotatable bonds is 3. The smallest absolute Gasteiger partial charge is 0.136 e. The van der Waals surface area contributed by atoms with E-state index in [-0.39, 0.29) is 0 Å². The summed E-state index contributed by atoms with van der Waals surface area (Å²) in [5.74, 6) is -0.375. The van der Waals surface area contributed by atoms with Gasteiger partial charge in [0, 0.05) is 5.56 Å². The predicted molar refractivity (Wildman–Crippen MR) is 68.2 cm³/mol. The minimum Gasteiger partial charge on any atom is -0.545 e. The molecule has 0 fully saturated rings. The molecule has 0 bridgehead atoms. The maximum Gasteiger partial charge on any atom is 0.136 e. The van der Waals surface area contributed by atoms with Gasteiger partial charge in [0.25, 0.3) is 0 Å². The van der Waals surface area contributed by atoms with Gasteiger partial charge in [-0.05, 0) is 36.4 Å². The molecule has 0 amide bonds. The first-order valence-electron chi connectivity index (χ1n) is 5.01. The van der Waals surface area contributed by atoms with Crippen LogP contribution in [0, 0.1) is 0 Å². The number of aliphatic carboxylic acids is 1. The first-order chi connectivity index (χ1) is 8.58. The number of carbonyl (C=O) groups is 1. The zero-order valence-electron chi connectivity index (χ0n) is 9.02. The number of halogens is 2. The minimum atomic E-state index is -1.28. The third-order valence-electron chi connectivity index (χ3n) is 2.23. The molecule has 0 spiro atoms. The van der Waals surface area contributed by atoms with Crippen molar-refractivity contribution in [2.24, 2.45) is 0 Å². The van der Waals surface area contributed by atoms with Gasteiger partial charge in [0.05, 0.1) is 16.0 Å². The summed E-state index contributed by atoms with van der Waals surface area (Å²) in [5, 5.41) is 11.1. The van der Waals surface area contributed by atoms with Gasteiger partial charge in [-0.1, -0.05) is 29.3 Å². The molecule has 3 nitrogen and oxygen atoms in total. The summed E-state index contributed by atoms with van der Waals surface area (Å²) in [5.41, 5.74) is 0.650. The van der Waals surface area contributed by atoms with Crippen LogP contribution in [0.1, 0.15) is 5.76 Å². The number of carboxylic acid groups (broad SMARTS) is 1. The Labute approximate surface area is 113 Å². The van der Waals surface area contributed by atoms with Gasteiger partial charge in [-0.2, -0.15) is 0 Å². The average molecular weight is 282 g/mol. The molecule has 0 N–H and O–H groups in total. The third-order valence-corrected chi connectivity index (χ3v) is 3.05. The third kappa shape index (κ3) is 2.75. The van der Waals surface area contributed by atoms with E-state index in [1.807, 2.05) is 0 Å². The van der Waals surface area contributed by atoms with E-state index in [0.29, 0.717) is 27.1 Å². The Kier molecular flexibility index (Phi) is 3.75. The van der Waals surface area contributed by atoms with E-state index in [1.165, 1.54) is 6.08 Å². The van der Waals surface area contributed by atoms with Gasteiger partial charge in [-0.15, -0.1) is 0 Å². The van der Waals surface area contributed by atoms with E-state index in [0.717, 1.165) is 6.08 Å². The lowest BCUT2D eigenvalue weighted by Gasteiger charge is -2.01. The molecule has 1 aromatic heterocycles. The Balaban J connectivity index is 2.35. The minimum absolute atomic E-state index is 0.393. The van der Waals surface area contributed by atoms with E-state index in [2.05, 4.69) is 0 Å². The normalized spacial score (nSPS) is 11.0. The van der Waals surface area contributed by atoms with Gasteiger partial charge in [-0.25, -0.2) is 0 Å². The molecule has 2 aromatic rings. The highest BCUT2D eigenvalue weighted by atomic mass is 35.5. The van der Waals surface area contributed by atoms with Crippen molar-refractivity contribution in [3.05, 3.63) is 52.2 Å². The van der Waals surface area contributed by atoms with Crippen LogP contribution in [0.3, 0.4) is 0 Å². The standard InChI is InChI=1S/C13H8Cl2O3/c14-10-3-1-2-9(13(10)15)11-6-4-8(18-11)5-7-12(16)17/h1-7H,(H,16,17)/p-1/b7-5+. The molecule has 1 heterocycles. The second kappa shape index (κ2) is 5.29. The van der Waals surface area contributed by atoms with Crippen molar-refractivity contribution in [1.29, 1.82) is 0 Å². The lowest BCUT2D eigenvalue weighted by atomic mass is 10.2. The summed E-state index contributed by atoms with van der Waals surface area (Å²) < 4.78 is 5.43. The Bertz CT molecular complexity index is 614. The van der Waals surface area contributed by atoms with E-state index in [4.69, 9.17) is 27.6 Å². The summed E-state index contributed by atoms with van der Waals surface area (Å²) >= 11 is 12.0. The molecule has 0 saturated carbocycles. The number of carbonyl (C=O) groups excluding carboxylic acids is 1. The Morgan fingerprint density at radius 1 is 1.22 bits per heavy atom. The predicted octanol–water partition coefficient (Wildman–Crippen LogP) is 3.02. The van der Waals surface area contributed by atoms with Crippen LogP contribution in [-0.4, -0.2) is 5.97 Å². The largest absolute Gasteiger partial charge is 0.545 e. The van der Waals surface area contributed by atoms with Gasteiger partial charge < -0.3 is 14.3 Å². The fourth-order valence-electron chi connectivity index (χ4n) is 1.43. The molecule has 0 radical (unpaired) electrons. The molecule has 92 valence electrons.